The number of nitrogens with one attached hydrogen (secondary N) is 1. The van der Waals surface area contributed by atoms with Gasteiger partial charge in [-0.1, -0.05) is 35.7 Å². The summed E-state index contributed by atoms with van der Waals surface area (Å²) < 4.78 is 0. The molecule has 0 radical (unpaired) electrons. The quantitative estimate of drug-likeness (QED) is 0.762. The second kappa shape index (κ2) is 8.73. The molecule has 2 rings (SSSR count). The third-order valence-corrected chi connectivity index (χ3v) is 4.73. The minimum atomic E-state index is 0.000380. The highest BCUT2D eigenvalue weighted by Crippen LogP contribution is 2.25. The van der Waals surface area contributed by atoms with Crippen LogP contribution in [0, 0.1) is 5.92 Å². The maximum atomic E-state index is 12.0. The molecule has 0 heterocycles. The second-order valence-electron chi connectivity index (χ2n) is 5.78. The first-order valence-corrected chi connectivity index (χ1v) is 8.38. The van der Waals surface area contributed by atoms with Gasteiger partial charge in [0, 0.05) is 19.6 Å². The Bertz CT molecular complexity index is 507. The summed E-state index contributed by atoms with van der Waals surface area (Å²) in [5, 5.41) is 13.2. The molecule has 0 saturated heterocycles. The number of nitrogens with zero attached hydrogens (tertiary/aromatic N) is 1. The molecule has 0 bridgehead atoms. The lowest BCUT2D eigenvalue weighted by molar-refractivity contribution is -0.122. The van der Waals surface area contributed by atoms with E-state index in [4.69, 9.17) is 23.2 Å². The van der Waals surface area contributed by atoms with E-state index in [1.807, 2.05) is 11.0 Å². The molecule has 0 aromatic heterocycles. The first-order valence-electron chi connectivity index (χ1n) is 7.62. The van der Waals surface area contributed by atoms with E-state index in [-0.39, 0.29) is 19.1 Å². The van der Waals surface area contributed by atoms with Gasteiger partial charge in [0.2, 0.25) is 5.91 Å². The van der Waals surface area contributed by atoms with Crippen molar-refractivity contribution in [2.45, 2.75) is 25.8 Å². The molecule has 1 aliphatic carbocycles. The van der Waals surface area contributed by atoms with Crippen LogP contribution in [-0.4, -0.2) is 42.2 Å². The molecule has 4 nitrogen and oxygen atoms in total. The van der Waals surface area contributed by atoms with Gasteiger partial charge in [0.05, 0.1) is 23.2 Å². The molecule has 1 aromatic rings. The fourth-order valence-electron chi connectivity index (χ4n) is 2.47. The van der Waals surface area contributed by atoms with E-state index in [2.05, 4.69) is 5.32 Å². The third kappa shape index (κ3) is 5.43. The van der Waals surface area contributed by atoms with Crippen LogP contribution in [0.2, 0.25) is 10.0 Å². The van der Waals surface area contributed by atoms with Gasteiger partial charge in [-0.05, 0) is 36.5 Å². The Morgan fingerprint density at radius 2 is 2.09 bits per heavy atom. The first-order chi connectivity index (χ1) is 10.6. The average Bonchev–Trinajstić information content (AvgIpc) is 2.41. The van der Waals surface area contributed by atoms with Crippen LogP contribution in [0.4, 0.5) is 0 Å². The van der Waals surface area contributed by atoms with Crippen LogP contribution in [0.3, 0.4) is 0 Å². The topological polar surface area (TPSA) is 52.6 Å². The number of hydrogen-bond donors (Lipinski definition) is 2. The van der Waals surface area contributed by atoms with E-state index in [0.29, 0.717) is 29.1 Å². The second-order valence-corrected chi connectivity index (χ2v) is 6.60. The number of carbonyl (C=O) groups is 1. The molecule has 1 fully saturated rings. The summed E-state index contributed by atoms with van der Waals surface area (Å²) in [4.78, 5) is 13.9. The van der Waals surface area contributed by atoms with Gasteiger partial charge >= 0.3 is 0 Å². The van der Waals surface area contributed by atoms with Crippen LogP contribution in [0.5, 0.6) is 0 Å². The summed E-state index contributed by atoms with van der Waals surface area (Å²) in [5.41, 5.74) is 0.967. The van der Waals surface area contributed by atoms with Gasteiger partial charge in [-0.3, -0.25) is 9.69 Å². The molecule has 0 unspecified atom stereocenters. The lowest BCUT2D eigenvalue weighted by Gasteiger charge is -2.26. The van der Waals surface area contributed by atoms with Crippen molar-refractivity contribution in [3.63, 3.8) is 0 Å². The number of aliphatic hydroxyl groups is 1. The van der Waals surface area contributed by atoms with Crippen LogP contribution in [-0.2, 0) is 11.3 Å². The highest BCUT2D eigenvalue weighted by Gasteiger charge is 2.18. The monoisotopic (exact) mass is 344 g/mol. The number of halogens is 2. The van der Waals surface area contributed by atoms with Crippen LogP contribution < -0.4 is 5.32 Å². The Morgan fingerprint density at radius 3 is 2.68 bits per heavy atom. The standard InChI is InChI=1S/C16H22Cl2N2O2/c17-14-5-4-13(8-15(14)18)10-20(6-7-21)11-16(22)19-9-12-2-1-3-12/h4-5,8,12,21H,1-3,6-7,9-11H2,(H,19,22). The fraction of sp³-hybridized carbons (Fsp3) is 0.562. The van der Waals surface area contributed by atoms with Gasteiger partial charge in [-0.15, -0.1) is 0 Å². The molecular formula is C16H22Cl2N2O2. The summed E-state index contributed by atoms with van der Waals surface area (Å²) in [6, 6.07) is 5.42. The number of benzene rings is 1. The van der Waals surface area contributed by atoms with Gasteiger partial charge in [0.25, 0.3) is 0 Å². The van der Waals surface area contributed by atoms with Crippen LogP contribution in [0.1, 0.15) is 24.8 Å². The van der Waals surface area contributed by atoms with Crippen molar-refractivity contribution in [2.24, 2.45) is 5.92 Å². The maximum absolute atomic E-state index is 12.0. The van der Waals surface area contributed by atoms with Crippen molar-refractivity contribution in [1.29, 1.82) is 0 Å². The van der Waals surface area contributed by atoms with E-state index in [1.54, 1.807) is 12.1 Å². The molecule has 0 aliphatic heterocycles. The first kappa shape index (κ1) is 17.5. The minimum absolute atomic E-state index is 0.000380. The zero-order valence-electron chi connectivity index (χ0n) is 12.5. The normalized spacial score (nSPS) is 14.9. The molecule has 1 amide bonds. The average molecular weight is 345 g/mol. The molecule has 6 heteroatoms. The summed E-state index contributed by atoms with van der Waals surface area (Å²) >= 11 is 11.9. The van der Waals surface area contributed by atoms with Crippen molar-refractivity contribution in [3.05, 3.63) is 33.8 Å². The van der Waals surface area contributed by atoms with Crippen LogP contribution >= 0.6 is 23.2 Å². The van der Waals surface area contributed by atoms with Crippen molar-refractivity contribution in [3.8, 4) is 0 Å². The Morgan fingerprint density at radius 1 is 1.32 bits per heavy atom. The Hall–Kier alpha value is -0.810. The van der Waals surface area contributed by atoms with Crippen molar-refractivity contribution >= 4 is 29.1 Å². The predicted molar refractivity (Wildman–Crippen MR) is 89.2 cm³/mol. The molecule has 1 aromatic carbocycles. The van der Waals surface area contributed by atoms with Gasteiger partial charge in [-0.25, -0.2) is 0 Å². The van der Waals surface area contributed by atoms with Gasteiger partial charge < -0.3 is 10.4 Å². The number of carbonyl (C=O) groups excluding carboxylic acids is 1. The number of rotatable bonds is 8. The van der Waals surface area contributed by atoms with E-state index < -0.39 is 0 Å². The zero-order chi connectivity index (χ0) is 15.9. The largest absolute Gasteiger partial charge is 0.395 e. The molecule has 122 valence electrons. The maximum Gasteiger partial charge on any atom is 0.234 e. The smallest absolute Gasteiger partial charge is 0.234 e. The highest BCUT2D eigenvalue weighted by atomic mass is 35.5. The SMILES string of the molecule is O=C(CN(CCO)Cc1ccc(Cl)c(Cl)c1)NCC1CCC1. The summed E-state index contributed by atoms with van der Waals surface area (Å²) in [5.74, 6) is 0.644. The van der Waals surface area contributed by atoms with E-state index >= 15 is 0 Å². The van der Waals surface area contributed by atoms with Gasteiger partial charge in [0.15, 0.2) is 0 Å². The third-order valence-electron chi connectivity index (χ3n) is 3.99. The minimum Gasteiger partial charge on any atom is -0.395 e. The lowest BCUT2D eigenvalue weighted by Crippen LogP contribution is -2.40. The zero-order valence-corrected chi connectivity index (χ0v) is 14.0. The van der Waals surface area contributed by atoms with Crippen molar-refractivity contribution in [2.75, 3.05) is 26.2 Å². The van der Waals surface area contributed by atoms with Crippen molar-refractivity contribution in [1.82, 2.24) is 10.2 Å². The van der Waals surface area contributed by atoms with Crippen molar-refractivity contribution < 1.29 is 9.90 Å². The molecule has 1 aliphatic rings. The Labute approximate surface area is 141 Å². The van der Waals surface area contributed by atoms with Gasteiger partial charge in [0.1, 0.15) is 0 Å². The predicted octanol–water partition coefficient (Wildman–Crippen LogP) is 2.70. The molecule has 1 saturated carbocycles. The lowest BCUT2D eigenvalue weighted by atomic mass is 9.85. The van der Waals surface area contributed by atoms with Crippen LogP contribution in [0.25, 0.3) is 0 Å². The number of hydrogen-bond acceptors (Lipinski definition) is 3. The van der Waals surface area contributed by atoms with Crippen LogP contribution in [0.15, 0.2) is 18.2 Å². The van der Waals surface area contributed by atoms with E-state index in [9.17, 15) is 9.90 Å². The van der Waals surface area contributed by atoms with Gasteiger partial charge in [-0.2, -0.15) is 0 Å². The molecule has 0 atom stereocenters. The molecule has 0 spiro atoms. The number of amides is 1. The summed E-state index contributed by atoms with van der Waals surface area (Å²) in [7, 11) is 0. The summed E-state index contributed by atoms with van der Waals surface area (Å²) in [6.45, 7) is 2.04. The van der Waals surface area contributed by atoms with E-state index in [1.165, 1.54) is 19.3 Å². The Kier molecular flexibility index (Phi) is 6.96. The number of aliphatic hydroxyl groups excluding tert-OH is 1. The molecule has 22 heavy (non-hydrogen) atoms. The van der Waals surface area contributed by atoms with E-state index in [0.717, 1.165) is 12.1 Å². The molecular weight excluding hydrogens is 323 g/mol. The highest BCUT2D eigenvalue weighted by molar-refractivity contribution is 6.42. The summed E-state index contributed by atoms with van der Waals surface area (Å²) in [6.07, 6.45) is 3.70. The Balaban J connectivity index is 1.84. The fourth-order valence-corrected chi connectivity index (χ4v) is 2.79. The molecule has 2 N–H and O–H groups in total.